The Hall–Kier alpha value is -7.89. The molecule has 270 valence electrons. The van der Waals surface area contributed by atoms with Gasteiger partial charge in [0, 0.05) is 27.3 Å². The fourth-order valence-electron chi connectivity index (χ4n) is 8.86. The van der Waals surface area contributed by atoms with Crippen LogP contribution in [0.2, 0.25) is 0 Å². The minimum Gasteiger partial charge on any atom is -0.455 e. The summed E-state index contributed by atoms with van der Waals surface area (Å²) < 4.78 is 9.36. The van der Waals surface area contributed by atoms with Crippen molar-refractivity contribution < 1.29 is 4.42 Å². The van der Waals surface area contributed by atoms with E-state index in [9.17, 15) is 0 Å². The summed E-state index contributed by atoms with van der Waals surface area (Å²) in [5.74, 6) is 1.76. The maximum absolute atomic E-state index is 6.91. The van der Waals surface area contributed by atoms with Gasteiger partial charge in [0.2, 0.25) is 0 Å². The van der Waals surface area contributed by atoms with E-state index >= 15 is 0 Å². The molecule has 3 aromatic heterocycles. The highest BCUT2D eigenvalue weighted by atomic mass is 16.3. The van der Waals surface area contributed by atoms with Gasteiger partial charge in [0.05, 0.1) is 27.7 Å². The van der Waals surface area contributed by atoms with Gasteiger partial charge in [0.25, 0.3) is 0 Å². The summed E-state index contributed by atoms with van der Waals surface area (Å²) in [6.07, 6.45) is 0. The Labute approximate surface area is 333 Å². The lowest BCUT2D eigenvalue weighted by Crippen LogP contribution is -2.01. The van der Waals surface area contributed by atoms with Crippen LogP contribution in [-0.2, 0) is 0 Å². The minimum atomic E-state index is 0.550. The predicted octanol–water partition coefficient (Wildman–Crippen LogP) is 13.8. The Morgan fingerprint density at radius 1 is 0.362 bits per heavy atom. The van der Waals surface area contributed by atoms with Crippen LogP contribution in [0.3, 0.4) is 0 Å². The summed E-state index contributed by atoms with van der Waals surface area (Å²) in [5.41, 5.74) is 9.80. The van der Waals surface area contributed by atoms with Crippen LogP contribution in [0.15, 0.2) is 199 Å². The Morgan fingerprint density at radius 3 is 1.62 bits per heavy atom. The predicted molar refractivity (Wildman–Crippen MR) is 238 cm³/mol. The van der Waals surface area contributed by atoms with Crippen molar-refractivity contribution in [1.82, 2.24) is 19.5 Å². The van der Waals surface area contributed by atoms with E-state index in [2.05, 4.69) is 126 Å². The summed E-state index contributed by atoms with van der Waals surface area (Å²) >= 11 is 0. The van der Waals surface area contributed by atoms with Crippen LogP contribution in [0.1, 0.15) is 0 Å². The van der Waals surface area contributed by atoms with E-state index in [0.717, 1.165) is 55.3 Å². The second-order valence-electron chi connectivity index (χ2n) is 14.7. The third-order valence-electron chi connectivity index (χ3n) is 11.4. The summed E-state index contributed by atoms with van der Waals surface area (Å²) in [5, 5.41) is 9.34. The van der Waals surface area contributed by atoms with Crippen LogP contribution in [0.4, 0.5) is 0 Å². The topological polar surface area (TPSA) is 56.7 Å². The fraction of sp³-hybridized carbons (Fsp3) is 0. The van der Waals surface area contributed by atoms with Crippen LogP contribution < -0.4 is 0 Å². The van der Waals surface area contributed by atoms with Crippen molar-refractivity contribution >= 4 is 65.3 Å². The van der Waals surface area contributed by atoms with Crippen molar-refractivity contribution in [2.75, 3.05) is 0 Å². The normalized spacial score (nSPS) is 11.8. The molecule has 0 spiro atoms. The molecule has 0 unspecified atom stereocenters. The number of furan rings is 1. The van der Waals surface area contributed by atoms with Gasteiger partial charge < -0.3 is 8.98 Å². The van der Waals surface area contributed by atoms with Crippen LogP contribution in [0.5, 0.6) is 0 Å². The Balaban J connectivity index is 1.22. The lowest BCUT2D eigenvalue weighted by molar-refractivity contribution is 0.669. The average molecular weight is 741 g/mol. The highest BCUT2D eigenvalue weighted by Gasteiger charge is 2.25. The maximum atomic E-state index is 6.91. The second-order valence-corrected chi connectivity index (χ2v) is 14.7. The number of fused-ring (bicyclic) bond motifs is 10. The molecular weight excluding hydrogens is 709 g/mol. The third-order valence-corrected chi connectivity index (χ3v) is 11.4. The summed E-state index contributed by atoms with van der Waals surface area (Å²) in [6, 6.07) is 68.0. The lowest BCUT2D eigenvalue weighted by Gasteiger charge is -2.14. The molecule has 0 amide bonds. The van der Waals surface area contributed by atoms with Crippen molar-refractivity contribution in [2.24, 2.45) is 0 Å². The third kappa shape index (κ3) is 4.93. The van der Waals surface area contributed by atoms with E-state index in [1.807, 2.05) is 72.8 Å². The molecule has 3 heterocycles. The van der Waals surface area contributed by atoms with Crippen molar-refractivity contribution in [3.63, 3.8) is 0 Å². The van der Waals surface area contributed by atoms with Crippen molar-refractivity contribution in [3.05, 3.63) is 194 Å². The van der Waals surface area contributed by atoms with Gasteiger partial charge in [-0.15, -0.1) is 0 Å². The van der Waals surface area contributed by atoms with Gasteiger partial charge >= 0.3 is 0 Å². The van der Waals surface area contributed by atoms with Crippen molar-refractivity contribution in [1.29, 1.82) is 0 Å². The summed E-state index contributed by atoms with van der Waals surface area (Å²) in [6.45, 7) is 0. The number of hydrogen-bond donors (Lipinski definition) is 0. The zero-order valence-corrected chi connectivity index (χ0v) is 31.2. The molecule has 0 fully saturated rings. The van der Waals surface area contributed by atoms with E-state index in [1.165, 1.54) is 43.4 Å². The zero-order chi connectivity index (χ0) is 38.2. The monoisotopic (exact) mass is 740 g/mol. The quantitative estimate of drug-likeness (QED) is 0.176. The maximum Gasteiger partial charge on any atom is 0.167 e. The van der Waals surface area contributed by atoms with Gasteiger partial charge in [-0.3, -0.25) is 0 Å². The van der Waals surface area contributed by atoms with Gasteiger partial charge in [0.15, 0.2) is 17.5 Å². The molecule has 58 heavy (non-hydrogen) atoms. The SMILES string of the molecule is c1ccc(-c2nc(-c3ccccc3)nc(-c3ccc(-n4c5ccc6ccccc6c5c5c6ccccc6c(-c6ccccc6)cc54)c4c3oc3ccccc34)n2)cc1. The second kappa shape index (κ2) is 12.8. The molecule has 0 saturated heterocycles. The molecule has 0 aliphatic rings. The molecule has 0 saturated carbocycles. The smallest absolute Gasteiger partial charge is 0.167 e. The molecule has 0 bridgehead atoms. The van der Waals surface area contributed by atoms with Gasteiger partial charge in [-0.1, -0.05) is 164 Å². The first-order valence-corrected chi connectivity index (χ1v) is 19.5. The average Bonchev–Trinajstić information content (AvgIpc) is 3.86. The molecule has 0 N–H and O–H groups in total. The van der Waals surface area contributed by atoms with E-state index in [-0.39, 0.29) is 0 Å². The van der Waals surface area contributed by atoms with Crippen molar-refractivity contribution in [2.45, 2.75) is 0 Å². The molecular formula is C53H32N4O. The molecule has 12 aromatic rings. The Morgan fingerprint density at radius 2 is 0.914 bits per heavy atom. The molecule has 0 aliphatic carbocycles. The summed E-state index contributed by atoms with van der Waals surface area (Å²) in [4.78, 5) is 15.2. The highest BCUT2D eigenvalue weighted by Crippen LogP contribution is 2.47. The number of nitrogens with zero attached hydrogens (tertiary/aromatic N) is 4. The first-order chi connectivity index (χ1) is 28.8. The molecule has 5 nitrogen and oxygen atoms in total. The van der Waals surface area contributed by atoms with Gasteiger partial charge in [-0.2, -0.15) is 0 Å². The number of rotatable bonds is 5. The van der Waals surface area contributed by atoms with E-state index in [1.54, 1.807) is 0 Å². The summed E-state index contributed by atoms with van der Waals surface area (Å²) in [7, 11) is 0. The van der Waals surface area contributed by atoms with Gasteiger partial charge in [-0.05, 0) is 63.0 Å². The number of aromatic nitrogens is 4. The molecule has 0 aliphatic heterocycles. The van der Waals surface area contributed by atoms with E-state index < -0.39 is 0 Å². The standard InChI is InChI=1S/C53H32N4O/c1-4-16-33(17-5-1)42-32-45-48(39-25-13-12-24-38(39)42)47-37-23-11-10-18-34(37)28-30-43(47)57(45)44-31-29-41(50-49(44)40-26-14-15-27-46(40)58-50)53-55-51(35-19-6-2-7-20-35)54-52(56-53)36-21-8-3-9-22-36/h1-32H. The van der Waals surface area contributed by atoms with Crippen LogP contribution >= 0.6 is 0 Å². The first kappa shape index (κ1) is 32.4. The lowest BCUT2D eigenvalue weighted by atomic mass is 9.94. The highest BCUT2D eigenvalue weighted by molar-refractivity contribution is 6.31. The van der Waals surface area contributed by atoms with Gasteiger partial charge in [-0.25, -0.2) is 15.0 Å². The van der Waals surface area contributed by atoms with Crippen molar-refractivity contribution in [3.8, 4) is 51.0 Å². The largest absolute Gasteiger partial charge is 0.455 e. The Bertz CT molecular complexity index is 3500. The van der Waals surface area contributed by atoms with Crippen LogP contribution in [0.25, 0.3) is 116 Å². The van der Waals surface area contributed by atoms with Crippen LogP contribution in [0, 0.1) is 0 Å². The number of benzene rings is 9. The number of hydrogen-bond acceptors (Lipinski definition) is 4. The van der Waals surface area contributed by atoms with Crippen LogP contribution in [-0.4, -0.2) is 19.5 Å². The van der Waals surface area contributed by atoms with Gasteiger partial charge in [0.1, 0.15) is 11.2 Å². The Kier molecular flexibility index (Phi) is 7.16. The fourth-order valence-corrected chi connectivity index (χ4v) is 8.86. The zero-order valence-electron chi connectivity index (χ0n) is 31.2. The number of para-hydroxylation sites is 1. The molecule has 0 radical (unpaired) electrons. The molecule has 9 aromatic carbocycles. The molecule has 0 atom stereocenters. The first-order valence-electron chi connectivity index (χ1n) is 19.5. The van der Waals surface area contributed by atoms with E-state index in [0.29, 0.717) is 17.5 Å². The molecule has 5 heteroatoms. The molecule has 12 rings (SSSR count). The van der Waals surface area contributed by atoms with E-state index in [4.69, 9.17) is 19.4 Å². The minimum absolute atomic E-state index is 0.550.